The zero-order valence-corrected chi connectivity index (χ0v) is 12.0. The van der Waals surface area contributed by atoms with E-state index in [9.17, 15) is 4.39 Å². The summed E-state index contributed by atoms with van der Waals surface area (Å²) in [7, 11) is 0. The Morgan fingerprint density at radius 2 is 2.20 bits per heavy atom. The SMILES string of the molecule is CC1CCCCC1NCCc1nc2ccc(F)cc2[nH]1. The Labute approximate surface area is 119 Å². The van der Waals surface area contributed by atoms with Crippen LogP contribution in [0.1, 0.15) is 38.4 Å². The van der Waals surface area contributed by atoms with Crippen LogP contribution in [0, 0.1) is 11.7 Å². The highest BCUT2D eigenvalue weighted by atomic mass is 19.1. The minimum absolute atomic E-state index is 0.221. The molecule has 0 spiro atoms. The largest absolute Gasteiger partial charge is 0.342 e. The summed E-state index contributed by atoms with van der Waals surface area (Å²) in [5, 5.41) is 3.64. The zero-order valence-electron chi connectivity index (χ0n) is 12.0. The lowest BCUT2D eigenvalue weighted by Crippen LogP contribution is -2.38. The number of aromatic nitrogens is 2. The van der Waals surface area contributed by atoms with Gasteiger partial charge in [0.25, 0.3) is 0 Å². The van der Waals surface area contributed by atoms with Crippen molar-refractivity contribution in [3.05, 3.63) is 29.8 Å². The van der Waals surface area contributed by atoms with Gasteiger partial charge in [-0.1, -0.05) is 19.8 Å². The van der Waals surface area contributed by atoms with Gasteiger partial charge in [0.05, 0.1) is 11.0 Å². The van der Waals surface area contributed by atoms with E-state index >= 15 is 0 Å². The molecule has 4 heteroatoms. The third kappa shape index (κ3) is 3.01. The molecule has 20 heavy (non-hydrogen) atoms. The lowest BCUT2D eigenvalue weighted by Gasteiger charge is -2.29. The monoisotopic (exact) mass is 275 g/mol. The van der Waals surface area contributed by atoms with Gasteiger partial charge in [-0.25, -0.2) is 9.37 Å². The molecule has 2 atom stereocenters. The topological polar surface area (TPSA) is 40.7 Å². The Morgan fingerprint density at radius 3 is 3.05 bits per heavy atom. The number of nitrogens with one attached hydrogen (secondary N) is 2. The van der Waals surface area contributed by atoms with Gasteiger partial charge in [0.2, 0.25) is 0 Å². The van der Waals surface area contributed by atoms with Crippen LogP contribution in [0.4, 0.5) is 4.39 Å². The second-order valence-corrected chi connectivity index (χ2v) is 5.92. The first-order chi connectivity index (χ1) is 9.72. The van der Waals surface area contributed by atoms with Gasteiger partial charge in [0.1, 0.15) is 11.6 Å². The van der Waals surface area contributed by atoms with Crippen LogP contribution in [-0.4, -0.2) is 22.6 Å². The van der Waals surface area contributed by atoms with Crippen LogP contribution in [0.2, 0.25) is 0 Å². The zero-order chi connectivity index (χ0) is 13.9. The quantitative estimate of drug-likeness (QED) is 0.897. The van der Waals surface area contributed by atoms with E-state index in [1.807, 2.05) is 0 Å². The number of halogens is 1. The van der Waals surface area contributed by atoms with Gasteiger partial charge in [-0.2, -0.15) is 0 Å². The second-order valence-electron chi connectivity index (χ2n) is 5.92. The van der Waals surface area contributed by atoms with Crippen molar-refractivity contribution < 1.29 is 4.39 Å². The Bertz CT molecular complexity index is 578. The Balaban J connectivity index is 1.57. The van der Waals surface area contributed by atoms with Crippen molar-refractivity contribution in [1.29, 1.82) is 0 Å². The highest BCUT2D eigenvalue weighted by molar-refractivity contribution is 5.74. The molecule has 0 saturated heterocycles. The van der Waals surface area contributed by atoms with Crippen molar-refractivity contribution in [3.8, 4) is 0 Å². The third-order valence-corrected chi connectivity index (χ3v) is 4.37. The first-order valence-electron chi connectivity index (χ1n) is 7.60. The molecule has 3 nitrogen and oxygen atoms in total. The van der Waals surface area contributed by atoms with Gasteiger partial charge in [-0.05, 0) is 37.0 Å². The fourth-order valence-corrected chi connectivity index (χ4v) is 3.15. The molecular formula is C16H22FN3. The number of nitrogens with zero attached hydrogens (tertiary/aromatic N) is 1. The molecule has 3 rings (SSSR count). The van der Waals surface area contributed by atoms with Gasteiger partial charge in [0, 0.05) is 19.0 Å². The lowest BCUT2D eigenvalue weighted by atomic mass is 9.86. The number of hydrogen-bond acceptors (Lipinski definition) is 2. The van der Waals surface area contributed by atoms with Gasteiger partial charge < -0.3 is 10.3 Å². The van der Waals surface area contributed by atoms with Gasteiger partial charge in [-0.15, -0.1) is 0 Å². The lowest BCUT2D eigenvalue weighted by molar-refractivity contribution is 0.282. The maximum absolute atomic E-state index is 13.1. The molecule has 1 saturated carbocycles. The van der Waals surface area contributed by atoms with Crippen LogP contribution >= 0.6 is 0 Å². The summed E-state index contributed by atoms with van der Waals surface area (Å²) in [6.45, 7) is 3.26. The van der Waals surface area contributed by atoms with Gasteiger partial charge in [-0.3, -0.25) is 0 Å². The molecule has 1 aliphatic carbocycles. The Morgan fingerprint density at radius 1 is 1.35 bits per heavy atom. The maximum Gasteiger partial charge on any atom is 0.125 e. The van der Waals surface area contributed by atoms with E-state index in [1.165, 1.54) is 37.8 Å². The summed E-state index contributed by atoms with van der Waals surface area (Å²) >= 11 is 0. The number of fused-ring (bicyclic) bond motifs is 1. The first kappa shape index (κ1) is 13.6. The number of aromatic amines is 1. The molecule has 2 unspecified atom stereocenters. The summed E-state index contributed by atoms with van der Waals surface area (Å²) in [6, 6.07) is 5.32. The molecule has 1 aliphatic rings. The molecule has 0 aliphatic heterocycles. The predicted octanol–water partition coefficient (Wildman–Crippen LogP) is 3.41. The second kappa shape index (κ2) is 5.92. The van der Waals surface area contributed by atoms with E-state index < -0.39 is 0 Å². The molecule has 1 aromatic carbocycles. The van der Waals surface area contributed by atoms with Crippen molar-refractivity contribution in [3.63, 3.8) is 0 Å². The number of benzene rings is 1. The standard InChI is InChI=1S/C16H22FN3/c1-11-4-2-3-5-13(11)18-9-8-16-19-14-7-6-12(17)10-15(14)20-16/h6-7,10-11,13,18H,2-5,8-9H2,1H3,(H,19,20). The smallest absolute Gasteiger partial charge is 0.125 e. The van der Waals surface area contributed by atoms with E-state index in [-0.39, 0.29) is 5.82 Å². The van der Waals surface area contributed by atoms with Crippen molar-refractivity contribution in [2.75, 3.05) is 6.54 Å². The molecule has 0 radical (unpaired) electrons. The van der Waals surface area contributed by atoms with Crippen LogP contribution in [0.5, 0.6) is 0 Å². The van der Waals surface area contributed by atoms with Crippen LogP contribution in [-0.2, 0) is 6.42 Å². The highest BCUT2D eigenvalue weighted by Crippen LogP contribution is 2.23. The molecule has 1 aromatic heterocycles. The van der Waals surface area contributed by atoms with Crippen LogP contribution in [0.3, 0.4) is 0 Å². The van der Waals surface area contributed by atoms with Crippen LogP contribution in [0.15, 0.2) is 18.2 Å². The van der Waals surface area contributed by atoms with E-state index in [0.29, 0.717) is 6.04 Å². The van der Waals surface area contributed by atoms with Crippen LogP contribution in [0.25, 0.3) is 11.0 Å². The summed E-state index contributed by atoms with van der Waals surface area (Å²) in [5.74, 6) is 1.48. The molecular weight excluding hydrogens is 253 g/mol. The molecule has 108 valence electrons. The fraction of sp³-hybridized carbons (Fsp3) is 0.562. The fourth-order valence-electron chi connectivity index (χ4n) is 3.15. The molecule has 2 aromatic rings. The van der Waals surface area contributed by atoms with E-state index in [1.54, 1.807) is 6.07 Å². The minimum atomic E-state index is -0.221. The Kier molecular flexibility index (Phi) is 4.01. The van der Waals surface area contributed by atoms with Crippen molar-refractivity contribution in [2.24, 2.45) is 5.92 Å². The molecule has 2 N–H and O–H groups in total. The molecule has 1 heterocycles. The van der Waals surface area contributed by atoms with Crippen LogP contribution < -0.4 is 5.32 Å². The van der Waals surface area contributed by atoms with Gasteiger partial charge >= 0.3 is 0 Å². The highest BCUT2D eigenvalue weighted by Gasteiger charge is 2.20. The summed E-state index contributed by atoms with van der Waals surface area (Å²) in [4.78, 5) is 7.69. The third-order valence-electron chi connectivity index (χ3n) is 4.37. The average molecular weight is 275 g/mol. The van der Waals surface area contributed by atoms with E-state index in [4.69, 9.17) is 0 Å². The summed E-state index contributed by atoms with van der Waals surface area (Å²) in [5.41, 5.74) is 1.62. The Hall–Kier alpha value is -1.42. The van der Waals surface area contributed by atoms with E-state index in [0.717, 1.165) is 35.7 Å². The number of rotatable bonds is 4. The first-order valence-corrected chi connectivity index (χ1v) is 7.60. The number of H-pyrrole nitrogens is 1. The predicted molar refractivity (Wildman–Crippen MR) is 79.2 cm³/mol. The minimum Gasteiger partial charge on any atom is -0.342 e. The summed E-state index contributed by atoms with van der Waals surface area (Å²) < 4.78 is 13.1. The molecule has 1 fully saturated rings. The molecule has 0 amide bonds. The summed E-state index contributed by atoms with van der Waals surface area (Å²) in [6.07, 6.45) is 6.19. The number of hydrogen-bond donors (Lipinski definition) is 2. The maximum atomic E-state index is 13.1. The average Bonchev–Trinajstić information content (AvgIpc) is 2.83. The van der Waals surface area contributed by atoms with E-state index in [2.05, 4.69) is 22.2 Å². The van der Waals surface area contributed by atoms with Crippen molar-refractivity contribution >= 4 is 11.0 Å². The van der Waals surface area contributed by atoms with Gasteiger partial charge in [0.15, 0.2) is 0 Å². The van der Waals surface area contributed by atoms with Crippen molar-refractivity contribution in [1.82, 2.24) is 15.3 Å². The molecule has 0 bridgehead atoms. The number of imidazole rings is 1. The van der Waals surface area contributed by atoms with Crippen molar-refractivity contribution in [2.45, 2.75) is 45.1 Å². The normalized spacial score (nSPS) is 23.3.